The molecule has 0 fully saturated rings. The number of amides is 1. The molecule has 0 saturated carbocycles. The molecule has 0 bridgehead atoms. The summed E-state index contributed by atoms with van der Waals surface area (Å²) in [5.74, 6) is -0.553. The number of para-hydroxylation sites is 1. The molecule has 25 heavy (non-hydrogen) atoms. The van der Waals surface area contributed by atoms with Crippen molar-refractivity contribution in [3.8, 4) is 0 Å². The van der Waals surface area contributed by atoms with Crippen molar-refractivity contribution >= 4 is 67.9 Å². The van der Waals surface area contributed by atoms with E-state index < -0.39 is 0 Å². The van der Waals surface area contributed by atoms with Gasteiger partial charge >= 0.3 is 0 Å². The highest BCUT2D eigenvalue weighted by molar-refractivity contribution is 7.22. The van der Waals surface area contributed by atoms with Gasteiger partial charge in [-0.15, -0.1) is 23.7 Å². The fraction of sp³-hybridized carbons (Fsp3) is 0.250. The molecule has 0 unspecified atom stereocenters. The van der Waals surface area contributed by atoms with Gasteiger partial charge in [0.1, 0.15) is 11.3 Å². The topological polar surface area (TPSA) is 36.4 Å². The summed E-state index contributed by atoms with van der Waals surface area (Å²) in [6.45, 7) is 1.13. The Bertz CT molecular complexity index is 881. The number of anilines is 1. The number of thiazole rings is 1. The van der Waals surface area contributed by atoms with Crippen LogP contribution in [0.2, 0.25) is 4.34 Å². The zero-order valence-corrected chi connectivity index (χ0v) is 16.7. The third-order valence-corrected chi connectivity index (χ3v) is 5.65. The van der Waals surface area contributed by atoms with E-state index in [1.54, 1.807) is 29.2 Å². The second kappa shape index (κ2) is 8.42. The van der Waals surface area contributed by atoms with Crippen LogP contribution in [0.5, 0.6) is 0 Å². The fourth-order valence-electron chi connectivity index (χ4n) is 2.16. The molecule has 0 spiro atoms. The first kappa shape index (κ1) is 20.1. The van der Waals surface area contributed by atoms with Crippen LogP contribution in [0.25, 0.3) is 10.2 Å². The van der Waals surface area contributed by atoms with E-state index in [1.807, 2.05) is 19.0 Å². The predicted octanol–water partition coefficient (Wildman–Crippen LogP) is 4.78. The number of benzene rings is 1. The Kier molecular flexibility index (Phi) is 6.76. The van der Waals surface area contributed by atoms with Crippen LogP contribution in [-0.2, 0) is 0 Å². The van der Waals surface area contributed by atoms with Crippen molar-refractivity contribution in [3.05, 3.63) is 45.4 Å². The summed E-state index contributed by atoms with van der Waals surface area (Å²) in [5, 5.41) is 0.492. The van der Waals surface area contributed by atoms with Crippen molar-refractivity contribution in [1.29, 1.82) is 0 Å². The van der Waals surface area contributed by atoms with Crippen LogP contribution >= 0.6 is 46.7 Å². The molecule has 0 saturated heterocycles. The molecule has 3 aromatic rings. The van der Waals surface area contributed by atoms with Gasteiger partial charge in [0.2, 0.25) is 0 Å². The van der Waals surface area contributed by atoms with Gasteiger partial charge in [-0.1, -0.05) is 29.0 Å². The van der Waals surface area contributed by atoms with Gasteiger partial charge in [0.05, 0.1) is 13.9 Å². The number of aromatic nitrogens is 1. The van der Waals surface area contributed by atoms with E-state index in [9.17, 15) is 9.18 Å². The van der Waals surface area contributed by atoms with Crippen molar-refractivity contribution < 1.29 is 9.18 Å². The number of halogens is 3. The second-order valence-electron chi connectivity index (χ2n) is 5.45. The quantitative estimate of drug-likeness (QED) is 0.596. The Hall–Kier alpha value is -1.25. The van der Waals surface area contributed by atoms with Gasteiger partial charge < -0.3 is 4.90 Å². The molecule has 0 aliphatic heterocycles. The van der Waals surface area contributed by atoms with Crippen LogP contribution < -0.4 is 4.90 Å². The SMILES string of the molecule is CN(C)CCN(C(=O)c1ccc(Cl)s1)c1nc2c(F)cccc2s1.Cl. The minimum Gasteiger partial charge on any atom is -0.308 e. The van der Waals surface area contributed by atoms with Crippen LogP contribution in [0.3, 0.4) is 0 Å². The van der Waals surface area contributed by atoms with Crippen molar-refractivity contribution in [2.75, 3.05) is 32.1 Å². The molecule has 134 valence electrons. The standard InChI is InChI=1S/C16H15ClFN3OS2.ClH/c1-20(2)8-9-21(15(22)12-6-7-13(17)23-12)16-19-14-10(18)4-3-5-11(14)24-16;/h3-7H,8-9H2,1-2H3;1H. The van der Waals surface area contributed by atoms with Gasteiger partial charge in [-0.25, -0.2) is 9.37 Å². The summed E-state index contributed by atoms with van der Waals surface area (Å²) in [6, 6.07) is 8.21. The van der Waals surface area contributed by atoms with E-state index in [4.69, 9.17) is 11.6 Å². The maximum absolute atomic E-state index is 13.9. The van der Waals surface area contributed by atoms with Crippen LogP contribution in [0.4, 0.5) is 9.52 Å². The third-order valence-electron chi connectivity index (χ3n) is 3.39. The summed E-state index contributed by atoms with van der Waals surface area (Å²) in [6.07, 6.45) is 0. The van der Waals surface area contributed by atoms with Gasteiger partial charge in [0, 0.05) is 13.1 Å². The molecule has 1 amide bonds. The molecule has 4 nitrogen and oxygen atoms in total. The van der Waals surface area contributed by atoms with Gasteiger partial charge in [-0.2, -0.15) is 0 Å². The Morgan fingerprint density at radius 2 is 1.96 bits per heavy atom. The maximum atomic E-state index is 13.9. The number of hydrogen-bond acceptors (Lipinski definition) is 5. The highest BCUT2D eigenvalue weighted by Crippen LogP contribution is 2.32. The van der Waals surface area contributed by atoms with Crippen LogP contribution in [0.15, 0.2) is 30.3 Å². The molecular weight excluding hydrogens is 404 g/mol. The molecule has 0 aliphatic rings. The van der Waals surface area contributed by atoms with E-state index in [0.29, 0.717) is 33.0 Å². The van der Waals surface area contributed by atoms with E-state index >= 15 is 0 Å². The molecule has 3 rings (SSSR count). The lowest BCUT2D eigenvalue weighted by Crippen LogP contribution is -2.36. The highest BCUT2D eigenvalue weighted by atomic mass is 35.5. The van der Waals surface area contributed by atoms with E-state index in [-0.39, 0.29) is 24.1 Å². The Balaban J connectivity index is 0.00000225. The Labute approximate surface area is 164 Å². The summed E-state index contributed by atoms with van der Waals surface area (Å²) >= 11 is 8.48. The fourth-order valence-corrected chi connectivity index (χ4v) is 4.16. The molecule has 1 aromatic carbocycles. The average molecular weight is 420 g/mol. The Morgan fingerprint density at radius 3 is 2.56 bits per heavy atom. The average Bonchev–Trinajstić information content (AvgIpc) is 3.14. The molecular formula is C16H16Cl2FN3OS2. The molecule has 0 radical (unpaired) electrons. The van der Waals surface area contributed by atoms with E-state index in [1.165, 1.54) is 28.7 Å². The van der Waals surface area contributed by atoms with Gasteiger partial charge in [0.25, 0.3) is 5.91 Å². The number of nitrogens with zero attached hydrogens (tertiary/aromatic N) is 3. The lowest BCUT2D eigenvalue weighted by molar-refractivity contribution is 0.0989. The second-order valence-corrected chi connectivity index (χ2v) is 8.17. The van der Waals surface area contributed by atoms with Crippen molar-refractivity contribution in [3.63, 3.8) is 0 Å². The first-order valence-corrected chi connectivity index (χ1v) is 9.24. The van der Waals surface area contributed by atoms with Gasteiger partial charge in [-0.05, 0) is 38.4 Å². The number of carbonyl (C=O) groups excluding carboxylic acids is 1. The third kappa shape index (κ3) is 4.48. The number of thiophene rings is 1. The van der Waals surface area contributed by atoms with Crippen molar-refractivity contribution in [1.82, 2.24) is 9.88 Å². The molecule has 0 atom stereocenters. The molecule has 2 heterocycles. The summed E-state index contributed by atoms with van der Waals surface area (Å²) < 4.78 is 15.2. The largest absolute Gasteiger partial charge is 0.308 e. The van der Waals surface area contributed by atoms with Crippen LogP contribution in [0, 0.1) is 5.82 Å². The van der Waals surface area contributed by atoms with Crippen LogP contribution in [-0.4, -0.2) is 43.0 Å². The first-order valence-electron chi connectivity index (χ1n) is 7.22. The lowest BCUT2D eigenvalue weighted by atomic mass is 10.3. The first-order chi connectivity index (χ1) is 11.5. The van der Waals surface area contributed by atoms with E-state index in [2.05, 4.69) is 4.98 Å². The number of likely N-dealkylation sites (N-methyl/N-ethyl adjacent to an activating group) is 1. The van der Waals surface area contributed by atoms with Crippen molar-refractivity contribution in [2.45, 2.75) is 0 Å². The highest BCUT2D eigenvalue weighted by Gasteiger charge is 2.23. The Morgan fingerprint density at radius 1 is 1.20 bits per heavy atom. The molecule has 2 aromatic heterocycles. The van der Waals surface area contributed by atoms with Gasteiger partial charge in [0.15, 0.2) is 5.13 Å². The smallest absolute Gasteiger partial charge is 0.270 e. The summed E-state index contributed by atoms with van der Waals surface area (Å²) in [7, 11) is 3.87. The van der Waals surface area contributed by atoms with E-state index in [0.717, 1.165) is 4.70 Å². The maximum Gasteiger partial charge on any atom is 0.270 e. The summed E-state index contributed by atoms with van der Waals surface area (Å²) in [5.41, 5.74) is 0.296. The number of rotatable bonds is 5. The zero-order valence-electron chi connectivity index (χ0n) is 13.5. The normalized spacial score (nSPS) is 10.9. The monoisotopic (exact) mass is 419 g/mol. The number of fused-ring (bicyclic) bond motifs is 1. The molecule has 0 aliphatic carbocycles. The number of hydrogen-bond donors (Lipinski definition) is 0. The predicted molar refractivity (Wildman–Crippen MR) is 106 cm³/mol. The minimum atomic E-state index is -0.380. The molecule has 9 heteroatoms. The molecule has 0 N–H and O–H groups in total. The lowest BCUT2D eigenvalue weighted by Gasteiger charge is -2.21. The minimum absolute atomic E-state index is 0. The summed E-state index contributed by atoms with van der Waals surface area (Å²) in [4.78, 5) is 21.3. The van der Waals surface area contributed by atoms with Crippen molar-refractivity contribution in [2.24, 2.45) is 0 Å². The van der Waals surface area contributed by atoms with Crippen LogP contribution in [0.1, 0.15) is 9.67 Å². The zero-order chi connectivity index (χ0) is 17.3. The van der Waals surface area contributed by atoms with Gasteiger partial charge in [-0.3, -0.25) is 9.69 Å². The number of carbonyl (C=O) groups is 1.